The van der Waals surface area contributed by atoms with Crippen LogP contribution in [-0.4, -0.2) is 110 Å². The molecule has 18 nitrogen and oxygen atoms in total. The van der Waals surface area contributed by atoms with Crippen molar-refractivity contribution < 1.29 is 52.6 Å². The highest BCUT2D eigenvalue weighted by atomic mass is 16.5. The van der Waals surface area contributed by atoms with Crippen LogP contribution in [0.2, 0.25) is 0 Å². The number of ether oxygens (including phenoxy) is 3. The Morgan fingerprint density at radius 2 is 1.40 bits per heavy atom. The molecule has 0 saturated carbocycles. The van der Waals surface area contributed by atoms with Gasteiger partial charge in [-0.2, -0.15) is 0 Å². The lowest BCUT2D eigenvalue weighted by atomic mass is 10.1. The first-order chi connectivity index (χ1) is 24.8. The van der Waals surface area contributed by atoms with E-state index in [1.54, 1.807) is 24.3 Å². The van der Waals surface area contributed by atoms with Crippen molar-refractivity contribution in [1.29, 1.82) is 0 Å². The molecule has 18 heteroatoms. The molecule has 1 heterocycles. The topological polar surface area (TPSA) is 254 Å². The number of nitrogens with two attached hydrogens (primary N) is 1. The maximum atomic E-state index is 13.0. The predicted octanol–water partition coefficient (Wildman–Crippen LogP) is -0.241. The summed E-state index contributed by atoms with van der Waals surface area (Å²) in [7, 11) is 0. The SMILES string of the molecule is CCOCCOCC(=O)NC(C)C(=O)NC(C)C(=O)NC(CC(N)=O)C(=O)Nc1ccc(COC(=O)NCCCCCCN2C(=O)C=CC2=O)cc1. The van der Waals surface area contributed by atoms with Gasteiger partial charge in [-0.25, -0.2) is 4.79 Å². The van der Waals surface area contributed by atoms with Gasteiger partial charge >= 0.3 is 6.09 Å². The highest BCUT2D eigenvalue weighted by Gasteiger charge is 2.27. The molecular weight excluding hydrogens is 682 g/mol. The van der Waals surface area contributed by atoms with Crippen LogP contribution in [0.1, 0.15) is 58.4 Å². The molecule has 1 aliphatic heterocycles. The summed E-state index contributed by atoms with van der Waals surface area (Å²) in [4.78, 5) is 98.3. The molecule has 7 N–H and O–H groups in total. The van der Waals surface area contributed by atoms with Gasteiger partial charge in [-0.05, 0) is 51.3 Å². The minimum absolute atomic E-state index is 0.0412. The number of nitrogens with zero attached hydrogens (tertiary/aromatic N) is 1. The van der Waals surface area contributed by atoms with Crippen LogP contribution in [0.4, 0.5) is 10.5 Å². The van der Waals surface area contributed by atoms with Crippen LogP contribution >= 0.6 is 0 Å². The summed E-state index contributed by atoms with van der Waals surface area (Å²) in [5.41, 5.74) is 6.25. The van der Waals surface area contributed by atoms with Crippen LogP contribution < -0.4 is 32.3 Å². The van der Waals surface area contributed by atoms with Crippen LogP contribution in [0.3, 0.4) is 0 Å². The molecule has 3 atom stereocenters. The highest BCUT2D eigenvalue weighted by Crippen LogP contribution is 2.12. The van der Waals surface area contributed by atoms with Crippen LogP contribution in [0.15, 0.2) is 36.4 Å². The molecule has 0 spiro atoms. The summed E-state index contributed by atoms with van der Waals surface area (Å²) in [5, 5.41) is 12.5. The number of hydrogen-bond donors (Lipinski definition) is 6. The van der Waals surface area contributed by atoms with Gasteiger partial charge in [-0.1, -0.05) is 25.0 Å². The molecule has 3 unspecified atom stereocenters. The zero-order valence-corrected chi connectivity index (χ0v) is 29.7. The average molecular weight is 732 g/mol. The van der Waals surface area contributed by atoms with Crippen LogP contribution in [0, 0.1) is 0 Å². The van der Waals surface area contributed by atoms with Gasteiger partial charge in [0.1, 0.15) is 31.3 Å². The molecule has 0 saturated heterocycles. The fraction of sp³-hybridized carbons (Fsp3) is 0.529. The zero-order chi connectivity index (χ0) is 38.5. The van der Waals surface area contributed by atoms with Crippen molar-refractivity contribution in [3.05, 3.63) is 42.0 Å². The minimum Gasteiger partial charge on any atom is -0.445 e. The number of carbonyl (C=O) groups is 8. The Kier molecular flexibility index (Phi) is 19.1. The van der Waals surface area contributed by atoms with Crippen molar-refractivity contribution >= 4 is 53.1 Å². The van der Waals surface area contributed by atoms with Crippen molar-refractivity contribution in [2.24, 2.45) is 5.73 Å². The van der Waals surface area contributed by atoms with Crippen LogP contribution in [0.25, 0.3) is 0 Å². The number of benzene rings is 1. The number of unbranched alkanes of at least 4 members (excludes halogenated alkanes) is 3. The van der Waals surface area contributed by atoms with Gasteiger partial charge in [-0.15, -0.1) is 0 Å². The summed E-state index contributed by atoms with van der Waals surface area (Å²) in [5.74, 6) is -4.17. The number of rotatable bonds is 24. The Hall–Kier alpha value is -5.36. The Balaban J connectivity index is 1.72. The van der Waals surface area contributed by atoms with E-state index >= 15 is 0 Å². The van der Waals surface area contributed by atoms with E-state index in [0.717, 1.165) is 12.8 Å². The van der Waals surface area contributed by atoms with Gasteiger partial charge in [0.15, 0.2) is 0 Å². The fourth-order valence-electron chi connectivity index (χ4n) is 4.59. The van der Waals surface area contributed by atoms with E-state index in [0.29, 0.717) is 50.4 Å². The number of amides is 8. The molecule has 2 rings (SSSR count). The summed E-state index contributed by atoms with van der Waals surface area (Å²) in [6, 6.07) is 2.80. The van der Waals surface area contributed by atoms with Gasteiger partial charge in [0.05, 0.1) is 19.6 Å². The molecule has 52 heavy (non-hydrogen) atoms. The first kappa shape index (κ1) is 42.8. The largest absolute Gasteiger partial charge is 0.445 e. The summed E-state index contributed by atoms with van der Waals surface area (Å²) < 4.78 is 15.5. The van der Waals surface area contributed by atoms with E-state index in [1.807, 2.05) is 6.92 Å². The smallest absolute Gasteiger partial charge is 0.407 e. The number of hydrogen-bond acceptors (Lipinski definition) is 11. The predicted molar refractivity (Wildman–Crippen MR) is 186 cm³/mol. The van der Waals surface area contributed by atoms with Gasteiger partial charge < -0.3 is 46.5 Å². The number of alkyl carbamates (subject to hydrolysis) is 1. The first-order valence-corrected chi connectivity index (χ1v) is 17.0. The quantitative estimate of drug-likeness (QED) is 0.0598. The molecule has 8 amide bonds. The third kappa shape index (κ3) is 16.6. The van der Waals surface area contributed by atoms with Crippen molar-refractivity contribution in [2.75, 3.05) is 44.8 Å². The van der Waals surface area contributed by atoms with Gasteiger partial charge in [0, 0.05) is 37.5 Å². The van der Waals surface area contributed by atoms with Crippen LogP contribution in [0.5, 0.6) is 0 Å². The maximum absolute atomic E-state index is 13.0. The second-order valence-electron chi connectivity index (χ2n) is 11.8. The number of primary amides is 1. The Morgan fingerprint density at radius 1 is 0.788 bits per heavy atom. The maximum Gasteiger partial charge on any atom is 0.407 e. The lowest BCUT2D eigenvalue weighted by Gasteiger charge is -2.22. The summed E-state index contributed by atoms with van der Waals surface area (Å²) in [6.45, 7) is 6.10. The van der Waals surface area contributed by atoms with E-state index in [4.69, 9.17) is 19.9 Å². The second kappa shape index (κ2) is 23.2. The lowest BCUT2D eigenvalue weighted by molar-refractivity contribution is -0.137. The highest BCUT2D eigenvalue weighted by molar-refractivity contribution is 6.12. The van der Waals surface area contributed by atoms with E-state index in [-0.39, 0.29) is 31.6 Å². The van der Waals surface area contributed by atoms with Gasteiger partial charge in [0.25, 0.3) is 11.8 Å². The molecule has 286 valence electrons. The Morgan fingerprint density at radius 3 is 2.06 bits per heavy atom. The number of nitrogens with one attached hydrogen (secondary N) is 5. The van der Waals surface area contributed by atoms with Gasteiger partial charge in [0.2, 0.25) is 29.5 Å². The molecule has 0 aromatic heterocycles. The van der Waals surface area contributed by atoms with E-state index in [2.05, 4.69) is 26.6 Å². The number of anilines is 1. The summed E-state index contributed by atoms with van der Waals surface area (Å²) in [6.07, 6.45) is 4.34. The normalized spacial score (nSPS) is 13.9. The van der Waals surface area contributed by atoms with Crippen molar-refractivity contribution in [2.45, 2.75) is 77.6 Å². The number of imide groups is 1. The molecule has 1 aromatic rings. The van der Waals surface area contributed by atoms with E-state index in [9.17, 15) is 38.4 Å². The molecule has 0 bridgehead atoms. The van der Waals surface area contributed by atoms with Crippen molar-refractivity contribution in [1.82, 2.24) is 26.2 Å². The molecule has 0 aliphatic carbocycles. The third-order valence-corrected chi connectivity index (χ3v) is 7.44. The molecule has 1 aliphatic rings. The molecule has 1 aromatic carbocycles. The number of carbonyl (C=O) groups excluding carboxylic acids is 8. The minimum atomic E-state index is -1.36. The Bertz CT molecular complexity index is 1420. The monoisotopic (exact) mass is 731 g/mol. The van der Waals surface area contributed by atoms with Gasteiger partial charge in [-0.3, -0.25) is 38.5 Å². The first-order valence-electron chi connectivity index (χ1n) is 17.0. The van der Waals surface area contributed by atoms with E-state index in [1.165, 1.54) is 30.9 Å². The fourth-order valence-corrected chi connectivity index (χ4v) is 4.59. The van der Waals surface area contributed by atoms with E-state index < -0.39 is 60.2 Å². The summed E-state index contributed by atoms with van der Waals surface area (Å²) >= 11 is 0. The third-order valence-electron chi connectivity index (χ3n) is 7.44. The van der Waals surface area contributed by atoms with Crippen molar-refractivity contribution in [3.63, 3.8) is 0 Å². The second-order valence-corrected chi connectivity index (χ2v) is 11.8. The molecular formula is C34H49N7O11. The molecule has 0 radical (unpaired) electrons. The van der Waals surface area contributed by atoms with Crippen molar-refractivity contribution in [3.8, 4) is 0 Å². The average Bonchev–Trinajstić information content (AvgIpc) is 3.42. The standard InChI is InChI=1S/C34H49N7O11/c1-4-50-17-18-51-21-28(43)37-22(2)31(46)38-23(3)32(47)40-26(19-27(35)42)33(48)39-25-11-9-24(10-12-25)20-52-34(49)36-15-7-5-6-8-16-41-29(44)13-14-30(41)45/h9-14,22-23,26H,4-8,15-21H2,1-3H3,(H2,35,42)(H,36,49)(H,37,43)(H,38,46)(H,39,48)(H,40,47). The zero-order valence-electron chi connectivity index (χ0n) is 29.7. The Labute approximate surface area is 301 Å². The lowest BCUT2D eigenvalue weighted by Crippen LogP contribution is -2.55. The van der Waals surface area contributed by atoms with Crippen LogP contribution in [-0.2, 0) is 54.4 Å². The molecule has 0 fully saturated rings.